The van der Waals surface area contributed by atoms with Gasteiger partial charge < -0.3 is 20.5 Å². The Morgan fingerprint density at radius 2 is 2.19 bits per heavy atom. The average Bonchev–Trinajstić information content (AvgIpc) is 3.27. The Morgan fingerprint density at radius 1 is 1.48 bits per heavy atom. The van der Waals surface area contributed by atoms with Gasteiger partial charge in [-0.2, -0.15) is 0 Å². The second-order valence-electron chi connectivity index (χ2n) is 5.84. The first-order valence-electron chi connectivity index (χ1n) is 7.42. The topological polar surface area (TPSA) is 70.6 Å². The molecule has 2 amide bonds. The Bertz CT molecular complexity index is 514. The third-order valence-electron chi connectivity index (χ3n) is 3.96. The first-order chi connectivity index (χ1) is 9.98. The molecule has 1 aromatic carbocycles. The van der Waals surface area contributed by atoms with E-state index in [0.717, 1.165) is 29.8 Å². The van der Waals surface area contributed by atoms with E-state index in [-0.39, 0.29) is 12.6 Å². The highest BCUT2D eigenvalue weighted by Gasteiger charge is 2.42. The predicted octanol–water partition coefficient (Wildman–Crippen LogP) is 2.68. The molecule has 1 aliphatic carbocycles. The number of carbonyl (C=O) groups is 1. The van der Waals surface area contributed by atoms with Gasteiger partial charge in [0.15, 0.2) is 0 Å². The fourth-order valence-electron chi connectivity index (χ4n) is 2.44. The maximum Gasteiger partial charge on any atom is 0.319 e. The van der Waals surface area contributed by atoms with Crippen molar-refractivity contribution in [3.8, 4) is 5.75 Å². The summed E-state index contributed by atoms with van der Waals surface area (Å²) in [6, 6.07) is 5.27. The van der Waals surface area contributed by atoms with Crippen LogP contribution in [0.2, 0.25) is 0 Å². The molecule has 0 saturated heterocycles. The summed E-state index contributed by atoms with van der Waals surface area (Å²) in [5, 5.41) is 15.2. The van der Waals surface area contributed by atoms with Gasteiger partial charge in [-0.15, -0.1) is 0 Å². The third kappa shape index (κ3) is 3.88. The lowest BCUT2D eigenvalue weighted by atomic mass is 9.97. The molecule has 0 aromatic heterocycles. The van der Waals surface area contributed by atoms with Crippen LogP contribution < -0.4 is 15.4 Å². The van der Waals surface area contributed by atoms with Crippen LogP contribution in [0.25, 0.3) is 0 Å². The number of rotatable bonds is 6. The monoisotopic (exact) mass is 292 g/mol. The van der Waals surface area contributed by atoms with Gasteiger partial charge in [-0.05, 0) is 63.3 Å². The Labute approximate surface area is 125 Å². The molecule has 3 N–H and O–H groups in total. The molecule has 0 radical (unpaired) electrons. The number of aryl methyl sites for hydroxylation is 1. The molecule has 0 aliphatic heterocycles. The molecule has 1 aromatic rings. The molecule has 1 saturated carbocycles. The molecule has 5 nitrogen and oxygen atoms in total. The van der Waals surface area contributed by atoms with Crippen molar-refractivity contribution in [2.45, 2.75) is 39.2 Å². The second kappa shape index (κ2) is 6.35. The highest BCUT2D eigenvalue weighted by molar-refractivity contribution is 5.90. The Balaban J connectivity index is 1.99. The summed E-state index contributed by atoms with van der Waals surface area (Å²) in [4.78, 5) is 12.1. The third-order valence-corrected chi connectivity index (χ3v) is 3.96. The number of hydrogen-bond donors (Lipinski definition) is 3. The maximum absolute atomic E-state index is 12.1. The van der Waals surface area contributed by atoms with E-state index in [0.29, 0.717) is 12.5 Å². The van der Waals surface area contributed by atoms with E-state index in [9.17, 15) is 9.90 Å². The van der Waals surface area contributed by atoms with Gasteiger partial charge in [0.1, 0.15) is 5.75 Å². The quantitative estimate of drug-likeness (QED) is 0.755. The van der Waals surface area contributed by atoms with Crippen molar-refractivity contribution >= 4 is 11.7 Å². The lowest BCUT2D eigenvalue weighted by molar-refractivity contribution is 0.159. The van der Waals surface area contributed by atoms with Crippen LogP contribution in [0, 0.1) is 12.8 Å². The summed E-state index contributed by atoms with van der Waals surface area (Å²) in [5.41, 5.74) is 1.14. The van der Waals surface area contributed by atoms with Crippen LogP contribution in [0.1, 0.15) is 32.3 Å². The van der Waals surface area contributed by atoms with Crippen molar-refractivity contribution in [1.29, 1.82) is 0 Å². The minimum Gasteiger partial charge on any atom is -0.494 e. The first-order valence-corrected chi connectivity index (χ1v) is 7.42. The largest absolute Gasteiger partial charge is 0.494 e. The van der Waals surface area contributed by atoms with Gasteiger partial charge in [-0.1, -0.05) is 0 Å². The van der Waals surface area contributed by atoms with E-state index in [1.165, 1.54) is 0 Å². The van der Waals surface area contributed by atoms with Crippen LogP contribution in [0.4, 0.5) is 10.5 Å². The fraction of sp³-hybridized carbons (Fsp3) is 0.562. The molecule has 2 rings (SSSR count). The van der Waals surface area contributed by atoms with Crippen molar-refractivity contribution in [3.63, 3.8) is 0 Å². The normalized spacial score (nSPS) is 17.0. The highest BCUT2D eigenvalue weighted by atomic mass is 16.5. The minimum atomic E-state index is -0.538. The van der Waals surface area contributed by atoms with Gasteiger partial charge in [-0.25, -0.2) is 4.79 Å². The maximum atomic E-state index is 12.1. The molecule has 0 heterocycles. The second-order valence-corrected chi connectivity index (χ2v) is 5.84. The van der Waals surface area contributed by atoms with Gasteiger partial charge in [0.05, 0.1) is 18.8 Å². The van der Waals surface area contributed by atoms with Crippen LogP contribution in [0.5, 0.6) is 5.75 Å². The minimum absolute atomic E-state index is 0.0483. The number of aliphatic hydroxyl groups is 1. The number of carbonyl (C=O) groups excluding carboxylic acids is 1. The van der Waals surface area contributed by atoms with Crippen LogP contribution in [0.15, 0.2) is 18.2 Å². The van der Waals surface area contributed by atoms with E-state index in [4.69, 9.17) is 4.74 Å². The highest BCUT2D eigenvalue weighted by Crippen LogP contribution is 2.39. The lowest BCUT2D eigenvalue weighted by Gasteiger charge is -2.29. The van der Waals surface area contributed by atoms with Gasteiger partial charge >= 0.3 is 6.03 Å². The number of ether oxygens (including phenoxy) is 1. The standard InChI is InChI=1S/C16H24N2O3/c1-4-21-13-7-8-14(11(2)9-13)17-15(20)18-16(3,10-19)12-5-6-12/h7-9,12,19H,4-6,10H2,1-3H3,(H2,17,18,20). The number of nitrogens with one attached hydrogen (secondary N) is 2. The molecule has 1 aliphatic rings. The first kappa shape index (κ1) is 15.6. The number of amides is 2. The smallest absolute Gasteiger partial charge is 0.319 e. The summed E-state index contributed by atoms with van der Waals surface area (Å²) in [7, 11) is 0. The van der Waals surface area contributed by atoms with Crippen molar-refractivity contribution < 1.29 is 14.6 Å². The molecular weight excluding hydrogens is 268 g/mol. The van der Waals surface area contributed by atoms with Gasteiger partial charge in [-0.3, -0.25) is 0 Å². The molecule has 1 fully saturated rings. The molecule has 0 bridgehead atoms. The zero-order valence-corrected chi connectivity index (χ0v) is 12.9. The molecule has 116 valence electrons. The predicted molar refractivity (Wildman–Crippen MR) is 82.7 cm³/mol. The SMILES string of the molecule is CCOc1ccc(NC(=O)NC(C)(CO)C2CC2)c(C)c1. The summed E-state index contributed by atoms with van der Waals surface area (Å²) < 4.78 is 5.42. The van der Waals surface area contributed by atoms with Crippen molar-refractivity contribution in [2.75, 3.05) is 18.5 Å². The lowest BCUT2D eigenvalue weighted by Crippen LogP contribution is -2.52. The summed E-state index contributed by atoms with van der Waals surface area (Å²) in [5.74, 6) is 1.16. The van der Waals surface area contributed by atoms with Crippen LogP contribution in [-0.4, -0.2) is 29.9 Å². The van der Waals surface area contributed by atoms with E-state index in [1.807, 2.05) is 39.0 Å². The molecule has 0 spiro atoms. The van der Waals surface area contributed by atoms with Gasteiger partial charge in [0, 0.05) is 5.69 Å². The van der Waals surface area contributed by atoms with E-state index in [1.54, 1.807) is 0 Å². The number of urea groups is 1. The average molecular weight is 292 g/mol. The number of hydrogen-bond acceptors (Lipinski definition) is 3. The molecule has 21 heavy (non-hydrogen) atoms. The zero-order chi connectivity index (χ0) is 15.5. The number of anilines is 1. The molecule has 1 atom stereocenters. The summed E-state index contributed by atoms with van der Waals surface area (Å²) in [6.07, 6.45) is 2.11. The van der Waals surface area contributed by atoms with Crippen molar-refractivity contribution in [1.82, 2.24) is 5.32 Å². The van der Waals surface area contributed by atoms with Crippen LogP contribution in [-0.2, 0) is 0 Å². The number of aliphatic hydroxyl groups excluding tert-OH is 1. The molecular formula is C16H24N2O3. The fourth-order valence-corrected chi connectivity index (χ4v) is 2.44. The van der Waals surface area contributed by atoms with Crippen LogP contribution >= 0.6 is 0 Å². The van der Waals surface area contributed by atoms with Gasteiger partial charge in [0.25, 0.3) is 0 Å². The van der Waals surface area contributed by atoms with Gasteiger partial charge in [0.2, 0.25) is 0 Å². The van der Waals surface area contributed by atoms with E-state index < -0.39 is 5.54 Å². The van der Waals surface area contributed by atoms with Crippen molar-refractivity contribution in [3.05, 3.63) is 23.8 Å². The Hall–Kier alpha value is -1.75. The van der Waals surface area contributed by atoms with Crippen LogP contribution in [0.3, 0.4) is 0 Å². The molecule has 1 unspecified atom stereocenters. The molecule has 5 heteroatoms. The Kier molecular flexibility index (Phi) is 4.73. The summed E-state index contributed by atoms with van der Waals surface area (Å²) >= 11 is 0. The Morgan fingerprint density at radius 3 is 2.71 bits per heavy atom. The number of benzene rings is 1. The van der Waals surface area contributed by atoms with E-state index in [2.05, 4.69) is 10.6 Å². The van der Waals surface area contributed by atoms with E-state index >= 15 is 0 Å². The summed E-state index contributed by atoms with van der Waals surface area (Å²) in [6.45, 7) is 6.30. The zero-order valence-electron chi connectivity index (χ0n) is 12.9. The van der Waals surface area contributed by atoms with Crippen molar-refractivity contribution in [2.24, 2.45) is 5.92 Å².